The summed E-state index contributed by atoms with van der Waals surface area (Å²) in [5.41, 5.74) is 3.49. The molecule has 1 fully saturated rings. The molecule has 0 saturated heterocycles. The van der Waals surface area contributed by atoms with E-state index in [4.69, 9.17) is 5.73 Å². The van der Waals surface area contributed by atoms with E-state index in [1.165, 1.54) is 18.3 Å². The van der Waals surface area contributed by atoms with Crippen LogP contribution in [0.5, 0.6) is 0 Å². The summed E-state index contributed by atoms with van der Waals surface area (Å²) in [6.45, 7) is -1.46. The van der Waals surface area contributed by atoms with E-state index in [0.29, 0.717) is 11.5 Å². The molecule has 1 aliphatic carbocycles. The number of aromatic nitrogens is 2. The van der Waals surface area contributed by atoms with Gasteiger partial charge in [-0.2, -0.15) is 13.2 Å². The first-order valence-corrected chi connectivity index (χ1v) is 11.3. The highest BCUT2D eigenvalue weighted by molar-refractivity contribution is 5.90. The SMILES string of the molecule is NC1=NC(CF)(c2cc(Nc3ncc(F)c4cc(C#CC5CC5)cnc34)ccc2F)CC(C(F)(F)F)O1. The first-order chi connectivity index (χ1) is 17.6. The molecule has 0 amide bonds. The summed E-state index contributed by atoms with van der Waals surface area (Å²) < 4.78 is 88.2. The zero-order chi connectivity index (χ0) is 26.4. The van der Waals surface area contributed by atoms with Crippen molar-refractivity contribution in [3.63, 3.8) is 0 Å². The highest BCUT2D eigenvalue weighted by atomic mass is 19.4. The van der Waals surface area contributed by atoms with Crippen LogP contribution >= 0.6 is 0 Å². The zero-order valence-corrected chi connectivity index (χ0v) is 19.0. The second-order valence-electron chi connectivity index (χ2n) is 8.91. The molecule has 5 rings (SSSR count). The van der Waals surface area contributed by atoms with Crippen LogP contribution in [0.15, 0.2) is 41.7 Å². The molecule has 6 nitrogen and oxygen atoms in total. The minimum absolute atomic E-state index is 0.0909. The van der Waals surface area contributed by atoms with Gasteiger partial charge in [-0.1, -0.05) is 11.8 Å². The number of halogens is 6. The number of benzene rings is 1. The molecule has 2 aliphatic rings. The maximum atomic E-state index is 14.8. The van der Waals surface area contributed by atoms with Gasteiger partial charge in [0.05, 0.1) is 6.20 Å². The Morgan fingerprint density at radius 3 is 2.59 bits per heavy atom. The summed E-state index contributed by atoms with van der Waals surface area (Å²) in [4.78, 5) is 12.0. The molecular formula is C25H19F6N5O. The molecule has 2 atom stereocenters. The van der Waals surface area contributed by atoms with Crippen LogP contribution in [0.1, 0.15) is 30.4 Å². The minimum atomic E-state index is -4.88. The fourth-order valence-electron chi connectivity index (χ4n) is 4.04. The van der Waals surface area contributed by atoms with Gasteiger partial charge < -0.3 is 15.8 Å². The standard InChI is InChI=1S/C25H19F6N5O/c26-12-24(9-20(25(29,30)31)37-23(32)36-24)17-8-15(5-6-18(17)27)35-22-21-16(19(28)11-34-22)7-14(10-33-21)4-3-13-1-2-13/h5-8,10-11,13,20H,1-2,9,12H2,(H2,32,36)(H,34,35). The minimum Gasteiger partial charge on any atom is -0.452 e. The van der Waals surface area contributed by atoms with Gasteiger partial charge in [-0.15, -0.1) is 0 Å². The third kappa shape index (κ3) is 4.98. The number of rotatable bonds is 4. The van der Waals surface area contributed by atoms with Crippen molar-refractivity contribution in [1.29, 1.82) is 0 Å². The lowest BCUT2D eigenvalue weighted by Crippen LogP contribution is -2.48. The Hall–Kier alpha value is -4.01. The monoisotopic (exact) mass is 519 g/mol. The molecule has 0 spiro atoms. The number of hydrogen-bond acceptors (Lipinski definition) is 6. The van der Waals surface area contributed by atoms with E-state index in [1.54, 1.807) is 0 Å². The number of nitrogens with one attached hydrogen (secondary N) is 1. The third-order valence-electron chi connectivity index (χ3n) is 6.10. The maximum Gasteiger partial charge on any atom is 0.425 e. The maximum absolute atomic E-state index is 14.8. The topological polar surface area (TPSA) is 85.4 Å². The number of nitrogens with two attached hydrogens (primary N) is 1. The predicted molar refractivity (Wildman–Crippen MR) is 124 cm³/mol. The number of hydrogen-bond donors (Lipinski definition) is 2. The molecule has 1 aliphatic heterocycles. The van der Waals surface area contributed by atoms with Crippen LogP contribution in [0.3, 0.4) is 0 Å². The third-order valence-corrected chi connectivity index (χ3v) is 6.10. The quantitative estimate of drug-likeness (QED) is 0.364. The lowest BCUT2D eigenvalue weighted by Gasteiger charge is -2.36. The molecule has 3 heterocycles. The van der Waals surface area contributed by atoms with Crippen LogP contribution in [-0.2, 0) is 10.3 Å². The smallest absolute Gasteiger partial charge is 0.425 e. The van der Waals surface area contributed by atoms with E-state index in [1.807, 2.05) is 0 Å². The number of alkyl halides is 4. The number of nitrogens with zero attached hydrogens (tertiary/aromatic N) is 3. The molecule has 3 aromatic rings. The van der Waals surface area contributed by atoms with Gasteiger partial charge in [0.25, 0.3) is 6.02 Å². The van der Waals surface area contributed by atoms with Crippen molar-refractivity contribution < 1.29 is 31.1 Å². The van der Waals surface area contributed by atoms with E-state index in [9.17, 15) is 26.3 Å². The largest absolute Gasteiger partial charge is 0.452 e. The van der Waals surface area contributed by atoms with Gasteiger partial charge >= 0.3 is 6.18 Å². The van der Waals surface area contributed by atoms with E-state index in [2.05, 4.69) is 36.9 Å². The second-order valence-corrected chi connectivity index (χ2v) is 8.91. The van der Waals surface area contributed by atoms with Gasteiger partial charge in [0.2, 0.25) is 0 Å². The lowest BCUT2D eigenvalue weighted by atomic mass is 9.84. The Kier molecular flexibility index (Phi) is 6.09. The Bertz CT molecular complexity index is 1460. The normalized spacial score (nSPS) is 21.6. The average molecular weight is 519 g/mol. The molecule has 12 heteroatoms. The average Bonchev–Trinajstić information content (AvgIpc) is 3.69. The fraction of sp³-hybridized carbons (Fsp3) is 0.320. The lowest BCUT2D eigenvalue weighted by molar-refractivity contribution is -0.209. The summed E-state index contributed by atoms with van der Waals surface area (Å²) in [7, 11) is 0. The Morgan fingerprint density at radius 2 is 1.89 bits per heavy atom. The van der Waals surface area contributed by atoms with Crippen molar-refractivity contribution in [1.82, 2.24) is 9.97 Å². The van der Waals surface area contributed by atoms with Crippen LogP contribution in [0.4, 0.5) is 37.8 Å². The number of fused-ring (bicyclic) bond motifs is 1. The molecule has 2 unspecified atom stereocenters. The molecule has 1 saturated carbocycles. The van der Waals surface area contributed by atoms with Crippen molar-refractivity contribution in [3.05, 3.63) is 59.4 Å². The van der Waals surface area contributed by atoms with Crippen molar-refractivity contribution in [2.75, 3.05) is 12.0 Å². The highest BCUT2D eigenvalue weighted by Crippen LogP contribution is 2.42. The number of amidine groups is 1. The number of pyridine rings is 2. The van der Waals surface area contributed by atoms with Gasteiger partial charge in [0, 0.05) is 40.7 Å². The summed E-state index contributed by atoms with van der Waals surface area (Å²) in [6, 6.07) is 3.95. The van der Waals surface area contributed by atoms with Gasteiger partial charge in [0.1, 0.15) is 23.5 Å². The van der Waals surface area contributed by atoms with Gasteiger partial charge in [-0.25, -0.2) is 23.1 Å². The fourth-order valence-corrected chi connectivity index (χ4v) is 4.04. The van der Waals surface area contributed by atoms with E-state index in [-0.39, 0.29) is 22.4 Å². The molecule has 1 aromatic carbocycles. The van der Waals surface area contributed by atoms with Crippen LogP contribution in [0.25, 0.3) is 10.9 Å². The number of aliphatic imine (C=N–C) groups is 1. The molecular weight excluding hydrogens is 500 g/mol. The van der Waals surface area contributed by atoms with Crippen LogP contribution in [-0.4, -0.2) is 34.9 Å². The summed E-state index contributed by atoms with van der Waals surface area (Å²) in [5.74, 6) is 4.84. The van der Waals surface area contributed by atoms with E-state index >= 15 is 0 Å². The first-order valence-electron chi connectivity index (χ1n) is 11.3. The molecule has 0 bridgehead atoms. The highest BCUT2D eigenvalue weighted by Gasteiger charge is 2.52. The Labute approximate surface area is 207 Å². The van der Waals surface area contributed by atoms with Gasteiger partial charge in [0.15, 0.2) is 17.7 Å². The van der Waals surface area contributed by atoms with Gasteiger partial charge in [-0.3, -0.25) is 4.98 Å². The van der Waals surface area contributed by atoms with Crippen molar-refractivity contribution >= 4 is 28.4 Å². The summed E-state index contributed by atoms with van der Waals surface area (Å²) in [6.07, 6.45) is -3.86. The molecule has 2 aromatic heterocycles. The van der Waals surface area contributed by atoms with Crippen molar-refractivity contribution in [2.45, 2.75) is 37.1 Å². The molecule has 37 heavy (non-hydrogen) atoms. The van der Waals surface area contributed by atoms with Crippen LogP contribution < -0.4 is 11.1 Å². The number of ether oxygens (including phenoxy) is 1. The van der Waals surface area contributed by atoms with Crippen molar-refractivity contribution in [2.24, 2.45) is 16.6 Å². The van der Waals surface area contributed by atoms with E-state index in [0.717, 1.165) is 31.2 Å². The Morgan fingerprint density at radius 1 is 1.11 bits per heavy atom. The summed E-state index contributed by atoms with van der Waals surface area (Å²) >= 11 is 0. The molecule has 192 valence electrons. The predicted octanol–water partition coefficient (Wildman–Crippen LogP) is 5.24. The van der Waals surface area contributed by atoms with Crippen LogP contribution in [0, 0.1) is 29.4 Å². The summed E-state index contributed by atoms with van der Waals surface area (Å²) in [5, 5.41) is 2.99. The van der Waals surface area contributed by atoms with E-state index < -0.39 is 54.1 Å². The second kappa shape index (κ2) is 9.14. The number of anilines is 2. The first kappa shape index (κ1) is 24.7. The van der Waals surface area contributed by atoms with Crippen LogP contribution in [0.2, 0.25) is 0 Å². The zero-order valence-electron chi connectivity index (χ0n) is 19.0. The molecule has 0 radical (unpaired) electrons. The molecule has 3 N–H and O–H groups in total. The van der Waals surface area contributed by atoms with Crippen molar-refractivity contribution in [3.8, 4) is 11.8 Å². The van der Waals surface area contributed by atoms with Gasteiger partial charge in [-0.05, 0) is 37.1 Å². The Balaban J connectivity index is 1.51.